The van der Waals surface area contributed by atoms with E-state index < -0.39 is 5.91 Å². The third-order valence-corrected chi connectivity index (χ3v) is 4.11. The largest absolute Gasteiger partial charge is 0.364 e. The molecule has 1 aromatic heterocycles. The van der Waals surface area contributed by atoms with Crippen molar-refractivity contribution in [3.8, 4) is 0 Å². The van der Waals surface area contributed by atoms with Crippen LogP contribution < -0.4 is 11.1 Å². The zero-order valence-corrected chi connectivity index (χ0v) is 10.9. The van der Waals surface area contributed by atoms with Gasteiger partial charge in [-0.3, -0.25) is 9.69 Å². The normalized spacial score (nSPS) is 26.9. The summed E-state index contributed by atoms with van der Waals surface area (Å²) in [6, 6.07) is 4.45. The van der Waals surface area contributed by atoms with Crippen LogP contribution >= 0.6 is 0 Å². The standard InChI is InChI=1S/C13H19N5O/c14-13(19)10-4-5-12(17-16-10)15-9-6-8-18-7-2-1-3-11(9)18/h4-5,9,11H,1-3,6-8H2,(H2,14,19)(H,15,17). The molecule has 102 valence electrons. The number of amides is 1. The van der Waals surface area contributed by atoms with E-state index in [9.17, 15) is 4.79 Å². The zero-order valence-electron chi connectivity index (χ0n) is 10.9. The van der Waals surface area contributed by atoms with Crippen molar-refractivity contribution in [3.05, 3.63) is 17.8 Å². The average Bonchev–Trinajstić information content (AvgIpc) is 2.83. The van der Waals surface area contributed by atoms with E-state index in [4.69, 9.17) is 5.73 Å². The lowest BCUT2D eigenvalue weighted by molar-refractivity contribution is 0.0994. The lowest BCUT2D eigenvalue weighted by Gasteiger charge is -2.32. The lowest BCUT2D eigenvalue weighted by atomic mass is 9.99. The van der Waals surface area contributed by atoms with E-state index in [0.29, 0.717) is 12.1 Å². The van der Waals surface area contributed by atoms with Crippen LogP contribution in [0.25, 0.3) is 0 Å². The van der Waals surface area contributed by atoms with Gasteiger partial charge in [0.25, 0.3) is 5.91 Å². The van der Waals surface area contributed by atoms with E-state index in [1.165, 1.54) is 25.8 Å². The van der Waals surface area contributed by atoms with Gasteiger partial charge in [0.15, 0.2) is 5.69 Å². The molecule has 1 amide bonds. The molecule has 0 aromatic carbocycles. The van der Waals surface area contributed by atoms with Gasteiger partial charge in [0, 0.05) is 18.6 Å². The Labute approximate surface area is 112 Å². The van der Waals surface area contributed by atoms with Gasteiger partial charge in [0.05, 0.1) is 0 Å². The number of hydrogen-bond donors (Lipinski definition) is 2. The van der Waals surface area contributed by atoms with Crippen LogP contribution in [-0.2, 0) is 0 Å². The molecule has 6 heteroatoms. The van der Waals surface area contributed by atoms with Crippen LogP contribution in [0, 0.1) is 0 Å². The van der Waals surface area contributed by atoms with Gasteiger partial charge in [-0.15, -0.1) is 10.2 Å². The summed E-state index contributed by atoms with van der Waals surface area (Å²) >= 11 is 0. The zero-order chi connectivity index (χ0) is 13.2. The maximum Gasteiger partial charge on any atom is 0.269 e. The first-order chi connectivity index (χ1) is 9.24. The number of nitrogens with zero attached hydrogens (tertiary/aromatic N) is 3. The molecular formula is C13H19N5O. The molecule has 2 saturated heterocycles. The molecule has 0 radical (unpaired) electrons. The number of aromatic nitrogens is 2. The van der Waals surface area contributed by atoms with Gasteiger partial charge in [0.1, 0.15) is 5.82 Å². The van der Waals surface area contributed by atoms with E-state index in [1.54, 1.807) is 12.1 Å². The molecule has 2 aliphatic rings. The molecular weight excluding hydrogens is 242 g/mol. The molecule has 2 aliphatic heterocycles. The highest BCUT2D eigenvalue weighted by molar-refractivity contribution is 5.90. The van der Waals surface area contributed by atoms with Crippen LogP contribution in [0.4, 0.5) is 5.82 Å². The third kappa shape index (κ3) is 2.53. The summed E-state index contributed by atoms with van der Waals surface area (Å²) in [7, 11) is 0. The molecule has 0 bridgehead atoms. The molecule has 1 aromatic rings. The number of rotatable bonds is 3. The molecule has 19 heavy (non-hydrogen) atoms. The maximum absolute atomic E-state index is 10.9. The van der Waals surface area contributed by atoms with Gasteiger partial charge in [-0.25, -0.2) is 0 Å². The van der Waals surface area contributed by atoms with Crippen molar-refractivity contribution in [3.63, 3.8) is 0 Å². The number of hydrogen-bond acceptors (Lipinski definition) is 5. The van der Waals surface area contributed by atoms with Gasteiger partial charge >= 0.3 is 0 Å². The molecule has 6 nitrogen and oxygen atoms in total. The second-order valence-corrected chi connectivity index (χ2v) is 5.31. The van der Waals surface area contributed by atoms with E-state index >= 15 is 0 Å². The number of carbonyl (C=O) groups is 1. The first kappa shape index (κ1) is 12.3. The highest BCUT2D eigenvalue weighted by atomic mass is 16.1. The number of nitrogens with two attached hydrogens (primary N) is 1. The van der Waals surface area contributed by atoms with E-state index in [-0.39, 0.29) is 5.69 Å². The Bertz CT molecular complexity index is 461. The molecule has 2 fully saturated rings. The molecule has 0 aliphatic carbocycles. The summed E-state index contributed by atoms with van der Waals surface area (Å²) in [6.45, 7) is 2.38. The van der Waals surface area contributed by atoms with Gasteiger partial charge in [-0.1, -0.05) is 6.42 Å². The first-order valence-corrected chi connectivity index (χ1v) is 6.88. The minimum Gasteiger partial charge on any atom is -0.364 e. The van der Waals surface area contributed by atoms with E-state index in [1.807, 2.05) is 0 Å². The van der Waals surface area contributed by atoms with Crippen molar-refractivity contribution < 1.29 is 4.79 Å². The summed E-state index contributed by atoms with van der Waals surface area (Å²) in [6.07, 6.45) is 5.02. The molecule has 2 atom stereocenters. The fourth-order valence-corrected chi connectivity index (χ4v) is 3.15. The van der Waals surface area contributed by atoms with E-state index in [2.05, 4.69) is 20.4 Å². The Balaban J connectivity index is 1.66. The monoisotopic (exact) mass is 261 g/mol. The summed E-state index contributed by atoms with van der Waals surface area (Å²) in [5.74, 6) is 0.181. The predicted molar refractivity (Wildman–Crippen MR) is 71.8 cm³/mol. The molecule has 3 rings (SSSR count). The molecule has 3 N–H and O–H groups in total. The van der Waals surface area contributed by atoms with Crippen LogP contribution in [0.1, 0.15) is 36.2 Å². The summed E-state index contributed by atoms with van der Waals surface area (Å²) in [5.41, 5.74) is 5.35. The summed E-state index contributed by atoms with van der Waals surface area (Å²) < 4.78 is 0. The fourth-order valence-electron chi connectivity index (χ4n) is 3.15. The highest BCUT2D eigenvalue weighted by Gasteiger charge is 2.35. The number of carbonyl (C=O) groups excluding carboxylic acids is 1. The second kappa shape index (κ2) is 5.13. The molecule has 3 heterocycles. The third-order valence-electron chi connectivity index (χ3n) is 4.11. The maximum atomic E-state index is 10.9. The van der Waals surface area contributed by atoms with Crippen LogP contribution in [0.5, 0.6) is 0 Å². The fraction of sp³-hybridized carbons (Fsp3) is 0.615. The van der Waals surface area contributed by atoms with Crippen molar-refractivity contribution >= 4 is 11.7 Å². The smallest absolute Gasteiger partial charge is 0.269 e. The number of fused-ring (bicyclic) bond motifs is 1. The molecule has 2 unspecified atom stereocenters. The number of anilines is 1. The Morgan fingerprint density at radius 1 is 1.26 bits per heavy atom. The minimum atomic E-state index is -0.543. The van der Waals surface area contributed by atoms with Crippen LogP contribution in [-0.4, -0.2) is 46.2 Å². The molecule has 0 spiro atoms. The SMILES string of the molecule is NC(=O)c1ccc(NC2CCN3CCCCC23)nn1. The van der Waals surface area contributed by atoms with E-state index in [0.717, 1.165) is 18.8 Å². The Morgan fingerprint density at radius 2 is 2.16 bits per heavy atom. The van der Waals surface area contributed by atoms with Gasteiger partial charge in [-0.2, -0.15) is 0 Å². The van der Waals surface area contributed by atoms with Crippen molar-refractivity contribution in [1.82, 2.24) is 15.1 Å². The second-order valence-electron chi connectivity index (χ2n) is 5.31. The van der Waals surface area contributed by atoms with Gasteiger partial charge in [0.2, 0.25) is 0 Å². The van der Waals surface area contributed by atoms with Crippen molar-refractivity contribution in [2.45, 2.75) is 37.8 Å². The van der Waals surface area contributed by atoms with Crippen LogP contribution in [0.2, 0.25) is 0 Å². The average molecular weight is 261 g/mol. The van der Waals surface area contributed by atoms with Gasteiger partial charge < -0.3 is 11.1 Å². The van der Waals surface area contributed by atoms with Crippen molar-refractivity contribution in [1.29, 1.82) is 0 Å². The molecule has 0 saturated carbocycles. The predicted octanol–water partition coefficient (Wildman–Crippen LogP) is 0.614. The number of nitrogens with one attached hydrogen (secondary N) is 1. The lowest BCUT2D eigenvalue weighted by Crippen LogP contribution is -2.41. The quantitative estimate of drug-likeness (QED) is 0.833. The number of primary amides is 1. The summed E-state index contributed by atoms with van der Waals surface area (Å²) in [5, 5.41) is 11.3. The van der Waals surface area contributed by atoms with Crippen LogP contribution in [0.3, 0.4) is 0 Å². The Kier molecular flexibility index (Phi) is 3.33. The highest BCUT2D eigenvalue weighted by Crippen LogP contribution is 2.28. The van der Waals surface area contributed by atoms with Crippen molar-refractivity contribution in [2.75, 3.05) is 18.4 Å². The van der Waals surface area contributed by atoms with Crippen molar-refractivity contribution in [2.24, 2.45) is 5.73 Å². The summed E-state index contributed by atoms with van der Waals surface area (Å²) in [4.78, 5) is 13.5. The minimum absolute atomic E-state index is 0.205. The first-order valence-electron chi connectivity index (χ1n) is 6.88. The van der Waals surface area contributed by atoms with Gasteiger partial charge in [-0.05, 0) is 37.9 Å². The van der Waals surface area contributed by atoms with Crippen LogP contribution in [0.15, 0.2) is 12.1 Å². The topological polar surface area (TPSA) is 84.1 Å². The Hall–Kier alpha value is -1.69. The number of piperidine rings is 1. The Morgan fingerprint density at radius 3 is 2.89 bits per heavy atom.